The molecule has 0 unspecified atom stereocenters. The van der Waals surface area contributed by atoms with Crippen LogP contribution in [0, 0.1) is 0 Å². The molecule has 1 aliphatic rings. The summed E-state index contributed by atoms with van der Waals surface area (Å²) in [7, 11) is -11.6. The molecule has 2 N–H and O–H groups in total. The Bertz CT molecular complexity index is 543. The standard InChI is InChI=1S/C8H12F6N2O4S2/c9-7(10,11)21(17,18)15-5-3-1-2-4-6(5)16-22(19,20)8(12,13)14/h5-6,15-16H,1-4H2/t5-,6+. The normalized spacial score (nSPS) is 25.2. The molecule has 0 radical (unpaired) electrons. The van der Waals surface area contributed by atoms with Gasteiger partial charge in [-0.25, -0.2) is 26.3 Å². The summed E-state index contributed by atoms with van der Waals surface area (Å²) in [6, 6.07) is -3.23. The Morgan fingerprint density at radius 2 is 0.955 bits per heavy atom. The van der Waals surface area contributed by atoms with Crippen molar-refractivity contribution in [3.63, 3.8) is 0 Å². The van der Waals surface area contributed by atoms with E-state index in [4.69, 9.17) is 0 Å². The second kappa shape index (κ2) is 6.13. The maximum Gasteiger partial charge on any atom is 0.511 e. The van der Waals surface area contributed by atoms with Crippen LogP contribution >= 0.6 is 0 Å². The molecule has 0 aromatic carbocycles. The maximum absolute atomic E-state index is 12.3. The topological polar surface area (TPSA) is 92.3 Å². The van der Waals surface area contributed by atoms with Crippen LogP contribution in [0.25, 0.3) is 0 Å². The Balaban J connectivity index is 2.95. The molecule has 1 rings (SSSR count). The fourth-order valence-electron chi connectivity index (χ4n) is 1.95. The second-order valence-corrected chi connectivity index (χ2v) is 8.04. The molecule has 0 bridgehead atoms. The van der Waals surface area contributed by atoms with Crippen LogP contribution in [0.4, 0.5) is 26.3 Å². The number of sulfonamides is 2. The summed E-state index contributed by atoms with van der Waals surface area (Å²) in [6.07, 6.45) is 0.0469. The van der Waals surface area contributed by atoms with Crippen molar-refractivity contribution >= 4 is 20.0 Å². The molecule has 14 heteroatoms. The van der Waals surface area contributed by atoms with Crippen LogP contribution in [0.5, 0.6) is 0 Å². The Labute approximate surface area is 122 Å². The van der Waals surface area contributed by atoms with Gasteiger partial charge < -0.3 is 0 Å². The van der Waals surface area contributed by atoms with Crippen molar-refractivity contribution in [3.8, 4) is 0 Å². The largest absolute Gasteiger partial charge is 0.511 e. The summed E-state index contributed by atoms with van der Waals surface area (Å²) in [5.41, 5.74) is -11.3. The fourth-order valence-corrected chi connectivity index (χ4v) is 3.57. The highest BCUT2D eigenvalue weighted by atomic mass is 32.2. The zero-order valence-corrected chi connectivity index (χ0v) is 12.3. The van der Waals surface area contributed by atoms with Gasteiger partial charge in [-0.2, -0.15) is 26.3 Å². The average molecular weight is 378 g/mol. The summed E-state index contributed by atoms with van der Waals surface area (Å²) < 4.78 is 120. The Morgan fingerprint density at radius 1 is 0.682 bits per heavy atom. The highest BCUT2D eigenvalue weighted by molar-refractivity contribution is 7.90. The molecular weight excluding hydrogens is 366 g/mol. The molecule has 0 aromatic heterocycles. The highest BCUT2D eigenvalue weighted by Gasteiger charge is 2.50. The average Bonchev–Trinajstić information content (AvgIpc) is 2.28. The summed E-state index contributed by atoms with van der Waals surface area (Å²) in [6.45, 7) is 0. The van der Waals surface area contributed by atoms with Crippen LogP contribution in [0.2, 0.25) is 0 Å². The van der Waals surface area contributed by atoms with Crippen LogP contribution in [0.1, 0.15) is 25.7 Å². The highest BCUT2D eigenvalue weighted by Crippen LogP contribution is 2.28. The molecule has 0 heterocycles. The molecule has 0 saturated heterocycles. The van der Waals surface area contributed by atoms with Gasteiger partial charge in [-0.15, -0.1) is 0 Å². The molecule has 0 aromatic rings. The van der Waals surface area contributed by atoms with Crippen molar-refractivity contribution < 1.29 is 43.2 Å². The van der Waals surface area contributed by atoms with Crippen LogP contribution in [-0.4, -0.2) is 39.9 Å². The summed E-state index contributed by atoms with van der Waals surface area (Å²) >= 11 is 0. The molecule has 1 aliphatic carbocycles. The van der Waals surface area contributed by atoms with E-state index in [9.17, 15) is 43.2 Å². The zero-order valence-electron chi connectivity index (χ0n) is 10.7. The van der Waals surface area contributed by atoms with Crippen LogP contribution in [-0.2, 0) is 20.0 Å². The fraction of sp³-hybridized carbons (Fsp3) is 1.00. The minimum Gasteiger partial charge on any atom is -0.203 e. The molecule has 6 nitrogen and oxygen atoms in total. The van der Waals surface area contributed by atoms with Crippen molar-refractivity contribution in [2.45, 2.75) is 48.8 Å². The van der Waals surface area contributed by atoms with E-state index < -0.39 is 43.1 Å². The van der Waals surface area contributed by atoms with Crippen molar-refractivity contribution in [1.82, 2.24) is 9.44 Å². The van der Waals surface area contributed by atoms with Crippen molar-refractivity contribution in [2.24, 2.45) is 0 Å². The zero-order chi connectivity index (χ0) is 17.4. The van der Waals surface area contributed by atoms with Crippen molar-refractivity contribution in [2.75, 3.05) is 0 Å². The van der Waals surface area contributed by atoms with Gasteiger partial charge in [0.1, 0.15) is 0 Å². The van der Waals surface area contributed by atoms with Gasteiger partial charge in [0.25, 0.3) is 0 Å². The first-order valence-corrected chi connectivity index (χ1v) is 8.81. The number of alkyl halides is 6. The Hall–Kier alpha value is -0.600. The molecular formula is C8H12F6N2O4S2. The van der Waals surface area contributed by atoms with E-state index in [1.165, 1.54) is 9.44 Å². The van der Waals surface area contributed by atoms with Gasteiger partial charge in [-0.1, -0.05) is 12.8 Å². The minimum absolute atomic E-state index is 0.222. The van der Waals surface area contributed by atoms with Gasteiger partial charge in [0.15, 0.2) is 0 Å². The molecule has 2 atom stereocenters. The predicted molar refractivity (Wildman–Crippen MR) is 62.3 cm³/mol. The third kappa shape index (κ3) is 4.45. The lowest BCUT2D eigenvalue weighted by Gasteiger charge is -2.32. The van der Waals surface area contributed by atoms with E-state index in [1.807, 2.05) is 0 Å². The van der Waals surface area contributed by atoms with E-state index in [-0.39, 0.29) is 25.7 Å². The first-order valence-electron chi connectivity index (χ1n) is 5.84. The van der Waals surface area contributed by atoms with E-state index in [1.54, 1.807) is 0 Å². The van der Waals surface area contributed by atoms with Crippen LogP contribution in [0.3, 0.4) is 0 Å². The molecule has 22 heavy (non-hydrogen) atoms. The monoisotopic (exact) mass is 378 g/mol. The third-order valence-electron chi connectivity index (χ3n) is 2.99. The predicted octanol–water partition coefficient (Wildman–Crippen LogP) is 1.18. The van der Waals surface area contributed by atoms with Gasteiger partial charge >= 0.3 is 31.1 Å². The molecule has 132 valence electrons. The number of rotatable bonds is 4. The SMILES string of the molecule is O=S(=O)(N[C@H]1CCCC[C@H]1NS(=O)(=O)C(F)(F)F)C(F)(F)F. The maximum atomic E-state index is 12.3. The molecule has 0 spiro atoms. The Morgan fingerprint density at radius 3 is 1.18 bits per heavy atom. The van der Waals surface area contributed by atoms with Crippen LogP contribution < -0.4 is 9.44 Å². The van der Waals surface area contributed by atoms with Gasteiger partial charge in [0.2, 0.25) is 0 Å². The molecule has 1 fully saturated rings. The lowest BCUT2D eigenvalue weighted by molar-refractivity contribution is -0.0467. The number of hydrogen-bond acceptors (Lipinski definition) is 4. The van der Waals surface area contributed by atoms with E-state index in [0.717, 1.165) is 0 Å². The van der Waals surface area contributed by atoms with Crippen molar-refractivity contribution in [3.05, 3.63) is 0 Å². The lowest BCUT2D eigenvalue weighted by atomic mass is 9.92. The van der Waals surface area contributed by atoms with Crippen LogP contribution in [0.15, 0.2) is 0 Å². The molecule has 1 saturated carbocycles. The number of nitrogens with one attached hydrogen (secondary N) is 2. The van der Waals surface area contributed by atoms with Gasteiger partial charge in [-0.3, -0.25) is 0 Å². The van der Waals surface area contributed by atoms with E-state index in [0.29, 0.717) is 0 Å². The number of hydrogen-bond donors (Lipinski definition) is 2. The van der Waals surface area contributed by atoms with E-state index >= 15 is 0 Å². The quantitative estimate of drug-likeness (QED) is 0.719. The van der Waals surface area contributed by atoms with E-state index in [2.05, 4.69) is 0 Å². The van der Waals surface area contributed by atoms with Gasteiger partial charge in [0, 0.05) is 12.1 Å². The summed E-state index contributed by atoms with van der Waals surface area (Å²) in [5, 5.41) is 0. The first kappa shape index (κ1) is 19.4. The summed E-state index contributed by atoms with van der Waals surface area (Å²) in [5.74, 6) is 0. The number of halogens is 6. The molecule has 0 amide bonds. The minimum atomic E-state index is -5.79. The third-order valence-corrected chi connectivity index (χ3v) is 5.43. The van der Waals surface area contributed by atoms with Crippen molar-refractivity contribution in [1.29, 1.82) is 0 Å². The lowest BCUT2D eigenvalue weighted by Crippen LogP contribution is -2.56. The molecule has 0 aliphatic heterocycles. The smallest absolute Gasteiger partial charge is 0.203 e. The van der Waals surface area contributed by atoms with Gasteiger partial charge in [-0.05, 0) is 12.8 Å². The van der Waals surface area contributed by atoms with Gasteiger partial charge in [0.05, 0.1) is 0 Å². The summed E-state index contributed by atoms with van der Waals surface area (Å²) in [4.78, 5) is 0. The second-order valence-electron chi connectivity index (χ2n) is 4.63. The Kier molecular flexibility index (Phi) is 5.42. The first-order chi connectivity index (χ1) is 9.67.